The van der Waals surface area contributed by atoms with Crippen LogP contribution in [0.3, 0.4) is 0 Å². The molecule has 0 fully saturated rings. The highest BCUT2D eigenvalue weighted by molar-refractivity contribution is 5.88. The molecule has 1 heterocycles. The molecule has 0 radical (unpaired) electrons. The predicted octanol–water partition coefficient (Wildman–Crippen LogP) is 2.18. The second kappa shape index (κ2) is 4.19. The minimum atomic E-state index is 0.524. The molecule has 0 saturated heterocycles. The van der Waals surface area contributed by atoms with Gasteiger partial charge in [-0.15, -0.1) is 0 Å². The van der Waals surface area contributed by atoms with E-state index in [4.69, 9.17) is 5.26 Å². The maximum atomic E-state index is 10.4. The average Bonchev–Trinajstić information content (AvgIpc) is 2.69. The normalized spacial score (nSPS) is 10.2. The van der Waals surface area contributed by atoms with Gasteiger partial charge in [0.1, 0.15) is 12.4 Å². The van der Waals surface area contributed by atoms with Gasteiger partial charge in [0.05, 0.1) is 11.1 Å². The van der Waals surface area contributed by atoms with Crippen molar-refractivity contribution in [1.29, 1.82) is 5.26 Å². The van der Waals surface area contributed by atoms with Crippen LogP contribution in [0.15, 0.2) is 24.4 Å². The molecule has 0 aliphatic heterocycles. The van der Waals surface area contributed by atoms with E-state index < -0.39 is 0 Å². The number of aldehydes is 1. The molecule has 16 heavy (non-hydrogen) atoms. The highest BCUT2D eigenvalue weighted by Crippen LogP contribution is 2.24. The Labute approximate surface area is 93.9 Å². The third-order valence-electron chi connectivity index (χ3n) is 2.78. The number of carbonyl (C=O) groups is 1. The number of hydrogen-bond acceptors (Lipinski definition) is 2. The minimum Gasteiger partial charge on any atom is -0.349 e. The number of nitriles is 1. The van der Waals surface area contributed by atoms with Crippen LogP contribution in [0.25, 0.3) is 10.9 Å². The van der Waals surface area contributed by atoms with E-state index in [2.05, 4.69) is 6.07 Å². The fourth-order valence-corrected chi connectivity index (χ4v) is 2.00. The Hall–Kier alpha value is -2.08. The zero-order chi connectivity index (χ0) is 11.5. The van der Waals surface area contributed by atoms with Crippen molar-refractivity contribution in [1.82, 2.24) is 4.57 Å². The third-order valence-corrected chi connectivity index (χ3v) is 2.78. The molecule has 3 nitrogen and oxygen atoms in total. The van der Waals surface area contributed by atoms with Crippen molar-refractivity contribution in [2.24, 2.45) is 7.05 Å². The molecule has 0 bridgehead atoms. The smallest absolute Gasteiger partial charge is 0.120 e. The molecule has 0 spiro atoms. The van der Waals surface area contributed by atoms with Crippen LogP contribution >= 0.6 is 0 Å². The first-order valence-electron chi connectivity index (χ1n) is 5.18. The number of aromatic nitrogens is 1. The Morgan fingerprint density at radius 2 is 2.25 bits per heavy atom. The number of benzene rings is 1. The first-order valence-corrected chi connectivity index (χ1v) is 5.18. The zero-order valence-corrected chi connectivity index (χ0v) is 9.10. The van der Waals surface area contributed by atoms with Crippen molar-refractivity contribution in [3.63, 3.8) is 0 Å². The molecule has 1 aromatic heterocycles. The first-order chi connectivity index (χ1) is 7.77. The van der Waals surface area contributed by atoms with Crippen LogP contribution < -0.4 is 0 Å². The number of nitrogens with zero attached hydrogens (tertiary/aromatic N) is 2. The highest BCUT2D eigenvalue weighted by atomic mass is 16.1. The summed E-state index contributed by atoms with van der Waals surface area (Å²) in [4.78, 5) is 10.4. The van der Waals surface area contributed by atoms with Gasteiger partial charge < -0.3 is 9.36 Å². The number of aryl methyl sites for hydroxylation is 2. The van der Waals surface area contributed by atoms with Gasteiger partial charge in [0.25, 0.3) is 0 Å². The van der Waals surface area contributed by atoms with Crippen molar-refractivity contribution < 1.29 is 4.79 Å². The summed E-state index contributed by atoms with van der Waals surface area (Å²) < 4.78 is 1.94. The SMILES string of the molecule is Cn1ccc2c(CCC=O)ccc(C#N)c21. The van der Waals surface area contributed by atoms with E-state index in [0.29, 0.717) is 12.0 Å². The van der Waals surface area contributed by atoms with Gasteiger partial charge in [0.2, 0.25) is 0 Å². The average molecular weight is 212 g/mol. The molecule has 2 aromatic rings. The second-order valence-electron chi connectivity index (χ2n) is 3.78. The van der Waals surface area contributed by atoms with Gasteiger partial charge in [-0.25, -0.2) is 0 Å². The van der Waals surface area contributed by atoms with E-state index in [1.54, 1.807) is 0 Å². The summed E-state index contributed by atoms with van der Waals surface area (Å²) in [5, 5.41) is 10.1. The standard InChI is InChI=1S/C13H12N2O/c1-15-7-6-12-10(3-2-8-16)4-5-11(9-14)13(12)15/h4-8H,2-3H2,1H3. The largest absolute Gasteiger partial charge is 0.349 e. The number of carbonyl (C=O) groups excluding carboxylic acids is 1. The molecular formula is C13H12N2O. The number of fused-ring (bicyclic) bond motifs is 1. The van der Waals surface area contributed by atoms with Gasteiger partial charge in [0, 0.05) is 25.1 Å². The summed E-state index contributed by atoms with van der Waals surface area (Å²) in [6.07, 6.45) is 4.12. The maximum Gasteiger partial charge on any atom is 0.120 e. The Bertz CT molecular complexity index is 575. The molecule has 2 rings (SSSR count). The Balaban J connectivity index is 2.62. The quantitative estimate of drug-likeness (QED) is 0.732. The lowest BCUT2D eigenvalue weighted by Crippen LogP contribution is -1.92. The van der Waals surface area contributed by atoms with Crippen LogP contribution in [-0.2, 0) is 18.3 Å². The van der Waals surface area contributed by atoms with Crippen molar-refractivity contribution in [2.45, 2.75) is 12.8 Å². The third kappa shape index (κ3) is 1.59. The molecule has 0 aliphatic carbocycles. The van der Waals surface area contributed by atoms with E-state index in [0.717, 1.165) is 29.2 Å². The van der Waals surface area contributed by atoms with Crippen molar-refractivity contribution in [3.05, 3.63) is 35.5 Å². The van der Waals surface area contributed by atoms with E-state index >= 15 is 0 Å². The number of hydrogen-bond donors (Lipinski definition) is 0. The summed E-state index contributed by atoms with van der Waals surface area (Å²) in [5.74, 6) is 0. The van der Waals surface area contributed by atoms with Gasteiger partial charge in [-0.2, -0.15) is 5.26 Å². The molecular weight excluding hydrogens is 200 g/mol. The van der Waals surface area contributed by atoms with Crippen molar-refractivity contribution in [2.75, 3.05) is 0 Å². The molecule has 0 saturated carbocycles. The summed E-state index contributed by atoms with van der Waals surface area (Å²) in [6.45, 7) is 0. The summed E-state index contributed by atoms with van der Waals surface area (Å²) in [6, 6.07) is 7.94. The van der Waals surface area contributed by atoms with Gasteiger partial charge in [-0.1, -0.05) is 6.07 Å². The fourth-order valence-electron chi connectivity index (χ4n) is 2.00. The van der Waals surface area contributed by atoms with Crippen LogP contribution in [0, 0.1) is 11.3 Å². The molecule has 3 heteroatoms. The summed E-state index contributed by atoms with van der Waals surface area (Å²) in [5.41, 5.74) is 2.75. The molecule has 0 amide bonds. The molecule has 0 unspecified atom stereocenters. The van der Waals surface area contributed by atoms with E-state index in [-0.39, 0.29) is 0 Å². The van der Waals surface area contributed by atoms with Gasteiger partial charge >= 0.3 is 0 Å². The lowest BCUT2D eigenvalue weighted by molar-refractivity contribution is -0.107. The van der Waals surface area contributed by atoms with E-state index in [1.807, 2.05) is 36.0 Å². The van der Waals surface area contributed by atoms with Crippen LogP contribution in [-0.4, -0.2) is 10.9 Å². The van der Waals surface area contributed by atoms with Crippen LogP contribution in [0.2, 0.25) is 0 Å². The molecule has 0 atom stereocenters. The molecule has 0 N–H and O–H groups in total. The van der Waals surface area contributed by atoms with Gasteiger partial charge in [-0.3, -0.25) is 0 Å². The van der Waals surface area contributed by atoms with Crippen LogP contribution in [0.5, 0.6) is 0 Å². The first kappa shape index (κ1) is 10.4. The predicted molar refractivity (Wildman–Crippen MR) is 62.0 cm³/mol. The lowest BCUT2D eigenvalue weighted by atomic mass is 10.0. The monoisotopic (exact) mass is 212 g/mol. The zero-order valence-electron chi connectivity index (χ0n) is 9.10. The Kier molecular flexibility index (Phi) is 2.74. The topological polar surface area (TPSA) is 45.8 Å². The van der Waals surface area contributed by atoms with Crippen LogP contribution in [0.4, 0.5) is 0 Å². The van der Waals surface area contributed by atoms with Crippen molar-refractivity contribution >= 4 is 17.2 Å². The van der Waals surface area contributed by atoms with E-state index in [1.165, 1.54) is 0 Å². The fraction of sp³-hybridized carbons (Fsp3) is 0.231. The Morgan fingerprint density at radius 3 is 2.94 bits per heavy atom. The molecule has 80 valence electrons. The van der Waals surface area contributed by atoms with Crippen molar-refractivity contribution in [3.8, 4) is 6.07 Å². The number of rotatable bonds is 3. The minimum absolute atomic E-state index is 0.524. The molecule has 0 aliphatic rings. The van der Waals surface area contributed by atoms with Crippen LogP contribution in [0.1, 0.15) is 17.5 Å². The van der Waals surface area contributed by atoms with E-state index in [9.17, 15) is 4.79 Å². The van der Waals surface area contributed by atoms with Gasteiger partial charge in [0.15, 0.2) is 0 Å². The summed E-state index contributed by atoms with van der Waals surface area (Å²) in [7, 11) is 1.92. The summed E-state index contributed by atoms with van der Waals surface area (Å²) >= 11 is 0. The highest BCUT2D eigenvalue weighted by Gasteiger charge is 2.08. The molecule has 1 aromatic carbocycles. The van der Waals surface area contributed by atoms with Gasteiger partial charge in [-0.05, 0) is 24.1 Å². The second-order valence-corrected chi connectivity index (χ2v) is 3.78. The lowest BCUT2D eigenvalue weighted by Gasteiger charge is -2.04. The Morgan fingerprint density at radius 1 is 1.44 bits per heavy atom. The maximum absolute atomic E-state index is 10.4.